The van der Waals surface area contributed by atoms with Gasteiger partial charge in [-0.05, 0) is 55.5 Å². The number of ether oxygens (including phenoxy) is 1. The molecular formula is C21H23N5O2. The van der Waals surface area contributed by atoms with E-state index in [-0.39, 0.29) is 5.91 Å². The molecule has 0 aliphatic rings. The highest BCUT2D eigenvalue weighted by Gasteiger charge is 2.05. The van der Waals surface area contributed by atoms with Crippen LogP contribution in [0.5, 0.6) is 5.75 Å². The third kappa shape index (κ3) is 5.20. The average Bonchev–Trinajstić information content (AvgIpc) is 2.69. The summed E-state index contributed by atoms with van der Waals surface area (Å²) in [4.78, 5) is 20.4. The Morgan fingerprint density at radius 1 is 0.929 bits per heavy atom. The van der Waals surface area contributed by atoms with Crippen LogP contribution in [0.1, 0.15) is 19.0 Å². The number of hydrogen-bond donors (Lipinski definition) is 3. The third-order valence-corrected chi connectivity index (χ3v) is 3.96. The van der Waals surface area contributed by atoms with Crippen molar-refractivity contribution >= 4 is 34.7 Å². The van der Waals surface area contributed by atoms with E-state index in [1.54, 1.807) is 7.11 Å². The lowest BCUT2D eigenvalue weighted by Crippen LogP contribution is -2.09. The van der Waals surface area contributed by atoms with Gasteiger partial charge in [0.25, 0.3) is 0 Å². The van der Waals surface area contributed by atoms with E-state index in [4.69, 9.17) is 4.74 Å². The van der Waals surface area contributed by atoms with E-state index in [9.17, 15) is 4.79 Å². The molecule has 2 aromatic carbocycles. The van der Waals surface area contributed by atoms with Crippen molar-refractivity contribution in [1.29, 1.82) is 0 Å². The molecule has 0 unspecified atom stereocenters. The van der Waals surface area contributed by atoms with E-state index in [0.717, 1.165) is 28.5 Å². The second-order valence-corrected chi connectivity index (χ2v) is 6.18. The summed E-state index contributed by atoms with van der Waals surface area (Å²) >= 11 is 0. The van der Waals surface area contributed by atoms with Crippen molar-refractivity contribution in [3.8, 4) is 5.75 Å². The number of rotatable bonds is 7. The van der Waals surface area contributed by atoms with Crippen LogP contribution >= 0.6 is 0 Å². The van der Waals surface area contributed by atoms with Crippen LogP contribution < -0.4 is 20.7 Å². The third-order valence-electron chi connectivity index (χ3n) is 3.96. The van der Waals surface area contributed by atoms with Gasteiger partial charge in [-0.25, -0.2) is 4.98 Å². The molecular weight excluding hydrogens is 354 g/mol. The molecule has 3 N–H and O–H groups in total. The number of nitrogens with one attached hydrogen (secondary N) is 3. The van der Waals surface area contributed by atoms with Crippen molar-refractivity contribution in [2.45, 2.75) is 20.3 Å². The Labute approximate surface area is 164 Å². The zero-order chi connectivity index (χ0) is 19.9. The van der Waals surface area contributed by atoms with E-state index in [2.05, 4.69) is 25.9 Å². The first kappa shape index (κ1) is 19.2. The van der Waals surface area contributed by atoms with E-state index in [1.807, 2.05) is 68.4 Å². The number of hydrogen-bond acceptors (Lipinski definition) is 6. The van der Waals surface area contributed by atoms with Crippen LogP contribution in [0.15, 0.2) is 54.6 Å². The van der Waals surface area contributed by atoms with Crippen molar-refractivity contribution in [2.75, 3.05) is 23.1 Å². The first-order valence-corrected chi connectivity index (χ1v) is 8.99. The molecule has 0 aliphatic carbocycles. The molecule has 0 atom stereocenters. The molecule has 0 aliphatic heterocycles. The monoisotopic (exact) mass is 377 g/mol. The van der Waals surface area contributed by atoms with Crippen molar-refractivity contribution in [1.82, 2.24) is 9.97 Å². The van der Waals surface area contributed by atoms with Crippen LogP contribution in [0.4, 0.5) is 28.8 Å². The minimum atomic E-state index is -0.0167. The van der Waals surface area contributed by atoms with Crippen molar-refractivity contribution in [3.63, 3.8) is 0 Å². The largest absolute Gasteiger partial charge is 0.497 e. The maximum Gasteiger partial charge on any atom is 0.229 e. The number of benzene rings is 2. The number of aryl methyl sites for hydroxylation is 1. The quantitative estimate of drug-likeness (QED) is 0.556. The molecule has 0 fully saturated rings. The van der Waals surface area contributed by atoms with Crippen LogP contribution in [-0.2, 0) is 4.79 Å². The molecule has 0 saturated heterocycles. The van der Waals surface area contributed by atoms with Gasteiger partial charge in [-0.2, -0.15) is 4.98 Å². The normalized spacial score (nSPS) is 10.2. The van der Waals surface area contributed by atoms with Crippen LogP contribution in [0.2, 0.25) is 0 Å². The van der Waals surface area contributed by atoms with Gasteiger partial charge in [-0.1, -0.05) is 6.92 Å². The SMILES string of the molecule is CCC(=O)Nc1ccc(Nc2nc(C)cc(Nc3ccc(OC)cc3)n2)cc1. The Morgan fingerprint density at radius 3 is 2.18 bits per heavy atom. The maximum atomic E-state index is 11.5. The molecule has 1 heterocycles. The Bertz CT molecular complexity index is 940. The molecule has 7 heteroatoms. The molecule has 7 nitrogen and oxygen atoms in total. The lowest BCUT2D eigenvalue weighted by Gasteiger charge is -2.11. The Kier molecular flexibility index (Phi) is 6.06. The number of amides is 1. The van der Waals surface area contributed by atoms with E-state index < -0.39 is 0 Å². The van der Waals surface area contributed by atoms with Crippen LogP contribution in [0.3, 0.4) is 0 Å². The van der Waals surface area contributed by atoms with E-state index in [1.165, 1.54) is 0 Å². The minimum absolute atomic E-state index is 0.0167. The zero-order valence-electron chi connectivity index (χ0n) is 16.1. The number of aromatic nitrogens is 2. The Balaban J connectivity index is 1.71. The first-order chi connectivity index (χ1) is 13.6. The zero-order valence-corrected chi connectivity index (χ0v) is 16.1. The van der Waals surface area contributed by atoms with Gasteiger partial charge in [0.05, 0.1) is 7.11 Å². The fourth-order valence-corrected chi connectivity index (χ4v) is 2.53. The summed E-state index contributed by atoms with van der Waals surface area (Å²) in [7, 11) is 1.64. The van der Waals surface area contributed by atoms with Gasteiger partial charge in [0.15, 0.2) is 0 Å². The average molecular weight is 377 g/mol. The lowest BCUT2D eigenvalue weighted by molar-refractivity contribution is -0.115. The summed E-state index contributed by atoms with van der Waals surface area (Å²) in [6.07, 6.45) is 0.446. The summed E-state index contributed by atoms with van der Waals surface area (Å²) < 4.78 is 5.17. The first-order valence-electron chi connectivity index (χ1n) is 8.99. The molecule has 1 amide bonds. The highest BCUT2D eigenvalue weighted by atomic mass is 16.5. The highest BCUT2D eigenvalue weighted by molar-refractivity contribution is 5.90. The number of carbonyl (C=O) groups excluding carboxylic acids is 1. The molecule has 3 rings (SSSR count). The predicted octanol–water partition coefficient (Wildman–Crippen LogP) is 4.63. The fraction of sp³-hybridized carbons (Fsp3) is 0.190. The second kappa shape index (κ2) is 8.85. The summed E-state index contributed by atoms with van der Waals surface area (Å²) in [6, 6.07) is 16.9. The summed E-state index contributed by atoms with van der Waals surface area (Å²) in [5.41, 5.74) is 3.32. The van der Waals surface area contributed by atoms with Gasteiger partial charge >= 0.3 is 0 Å². The maximum absolute atomic E-state index is 11.5. The van der Waals surface area contributed by atoms with Gasteiger partial charge in [0.1, 0.15) is 11.6 Å². The number of carbonyl (C=O) groups is 1. The standard InChI is InChI=1S/C21H23N5O2/c1-4-20(27)24-16-5-7-17(8-6-16)25-21-22-14(2)13-19(26-21)23-15-9-11-18(28-3)12-10-15/h5-13H,4H2,1-3H3,(H,24,27)(H2,22,23,25,26). The smallest absolute Gasteiger partial charge is 0.229 e. The summed E-state index contributed by atoms with van der Waals surface area (Å²) in [5, 5.41) is 9.27. The number of methoxy groups -OCH3 is 1. The van der Waals surface area contributed by atoms with Crippen LogP contribution in [-0.4, -0.2) is 23.0 Å². The number of anilines is 5. The summed E-state index contributed by atoms with van der Waals surface area (Å²) in [6.45, 7) is 3.73. The molecule has 0 saturated carbocycles. The van der Waals surface area contributed by atoms with Crippen LogP contribution in [0.25, 0.3) is 0 Å². The molecule has 1 aromatic heterocycles. The van der Waals surface area contributed by atoms with E-state index in [0.29, 0.717) is 18.2 Å². The van der Waals surface area contributed by atoms with Crippen LogP contribution in [0, 0.1) is 6.92 Å². The fourth-order valence-electron chi connectivity index (χ4n) is 2.53. The van der Waals surface area contributed by atoms with Gasteiger partial charge < -0.3 is 20.7 Å². The highest BCUT2D eigenvalue weighted by Crippen LogP contribution is 2.22. The van der Waals surface area contributed by atoms with Gasteiger partial charge in [-0.3, -0.25) is 4.79 Å². The van der Waals surface area contributed by atoms with Gasteiger partial charge in [0, 0.05) is 35.2 Å². The molecule has 0 spiro atoms. The molecule has 28 heavy (non-hydrogen) atoms. The summed E-state index contributed by atoms with van der Waals surface area (Å²) in [5.74, 6) is 1.95. The minimum Gasteiger partial charge on any atom is -0.497 e. The van der Waals surface area contributed by atoms with E-state index >= 15 is 0 Å². The van der Waals surface area contributed by atoms with Gasteiger partial charge in [0.2, 0.25) is 11.9 Å². The van der Waals surface area contributed by atoms with Crippen molar-refractivity contribution in [3.05, 3.63) is 60.3 Å². The topological polar surface area (TPSA) is 88.2 Å². The molecule has 3 aromatic rings. The van der Waals surface area contributed by atoms with Crippen molar-refractivity contribution in [2.24, 2.45) is 0 Å². The second-order valence-electron chi connectivity index (χ2n) is 6.18. The number of nitrogens with zero attached hydrogens (tertiary/aromatic N) is 2. The predicted molar refractivity (Wildman–Crippen MR) is 112 cm³/mol. The van der Waals surface area contributed by atoms with Gasteiger partial charge in [-0.15, -0.1) is 0 Å². The lowest BCUT2D eigenvalue weighted by atomic mass is 10.2. The molecule has 0 radical (unpaired) electrons. The molecule has 144 valence electrons. The Hall–Kier alpha value is -3.61. The Morgan fingerprint density at radius 2 is 1.54 bits per heavy atom. The molecule has 0 bridgehead atoms. The van der Waals surface area contributed by atoms with Crippen molar-refractivity contribution < 1.29 is 9.53 Å².